The molecule has 0 radical (unpaired) electrons. The third kappa shape index (κ3) is 2.12. The molecular weight excluding hydrogens is 180 g/mol. The summed E-state index contributed by atoms with van der Waals surface area (Å²) in [7, 11) is 0. The quantitative estimate of drug-likeness (QED) is 0.632. The summed E-state index contributed by atoms with van der Waals surface area (Å²) in [5.41, 5.74) is 0. The molecule has 0 bridgehead atoms. The van der Waals surface area contributed by atoms with E-state index in [2.05, 4.69) is 4.90 Å². The van der Waals surface area contributed by atoms with Crippen molar-refractivity contribution in [3.8, 4) is 0 Å². The molecular formula is C10H16N2O2. The molecule has 2 fully saturated rings. The van der Waals surface area contributed by atoms with E-state index >= 15 is 0 Å². The molecule has 78 valence electrons. The lowest BCUT2D eigenvalue weighted by Gasteiger charge is -2.33. The lowest BCUT2D eigenvalue weighted by molar-refractivity contribution is -0.139. The van der Waals surface area contributed by atoms with Gasteiger partial charge in [-0.2, -0.15) is 0 Å². The standard InChI is InChI=1S/C10H16N2O2/c1-8(13)6-12-5-4-11(7-10(12)14)9-2-3-9/h9H,2-7H2,1H3. The van der Waals surface area contributed by atoms with Gasteiger partial charge < -0.3 is 4.90 Å². The van der Waals surface area contributed by atoms with Crippen LogP contribution in [0.3, 0.4) is 0 Å². The maximum Gasteiger partial charge on any atom is 0.237 e. The van der Waals surface area contributed by atoms with Crippen molar-refractivity contribution in [3.63, 3.8) is 0 Å². The average Bonchev–Trinajstić information content (AvgIpc) is 2.90. The van der Waals surface area contributed by atoms with Gasteiger partial charge in [-0.05, 0) is 19.8 Å². The zero-order chi connectivity index (χ0) is 10.1. The molecule has 0 atom stereocenters. The Kier molecular flexibility index (Phi) is 2.54. The highest BCUT2D eigenvalue weighted by Crippen LogP contribution is 2.27. The predicted molar refractivity (Wildman–Crippen MR) is 51.9 cm³/mol. The Morgan fingerprint density at radius 1 is 1.43 bits per heavy atom. The second kappa shape index (κ2) is 3.69. The Bertz CT molecular complexity index is 261. The van der Waals surface area contributed by atoms with Gasteiger partial charge in [0.15, 0.2) is 0 Å². The van der Waals surface area contributed by atoms with Gasteiger partial charge in [0, 0.05) is 19.1 Å². The van der Waals surface area contributed by atoms with Crippen molar-refractivity contribution in [2.75, 3.05) is 26.2 Å². The highest BCUT2D eigenvalue weighted by molar-refractivity contribution is 5.86. The highest BCUT2D eigenvalue weighted by atomic mass is 16.2. The number of Topliss-reactive ketones (excluding diaryl/α,β-unsaturated/α-hetero) is 1. The molecule has 2 aliphatic rings. The van der Waals surface area contributed by atoms with E-state index < -0.39 is 0 Å². The number of carbonyl (C=O) groups is 2. The minimum Gasteiger partial charge on any atom is -0.333 e. The van der Waals surface area contributed by atoms with E-state index in [-0.39, 0.29) is 18.2 Å². The van der Waals surface area contributed by atoms with Crippen molar-refractivity contribution < 1.29 is 9.59 Å². The number of carbonyl (C=O) groups excluding carboxylic acids is 2. The normalized spacial score (nSPS) is 24.1. The van der Waals surface area contributed by atoms with Crippen molar-refractivity contribution in [3.05, 3.63) is 0 Å². The van der Waals surface area contributed by atoms with Crippen molar-refractivity contribution in [1.82, 2.24) is 9.80 Å². The maximum absolute atomic E-state index is 11.6. The fourth-order valence-corrected chi connectivity index (χ4v) is 1.91. The Morgan fingerprint density at radius 3 is 2.64 bits per heavy atom. The molecule has 1 aliphatic carbocycles. The molecule has 1 saturated heterocycles. The molecule has 0 N–H and O–H groups in total. The van der Waals surface area contributed by atoms with Crippen LogP contribution in [0.1, 0.15) is 19.8 Å². The third-order valence-corrected chi connectivity index (χ3v) is 2.82. The lowest BCUT2D eigenvalue weighted by atomic mass is 10.2. The van der Waals surface area contributed by atoms with E-state index in [0.717, 1.165) is 13.1 Å². The van der Waals surface area contributed by atoms with Gasteiger partial charge in [0.1, 0.15) is 5.78 Å². The first-order valence-electron chi connectivity index (χ1n) is 5.18. The van der Waals surface area contributed by atoms with Gasteiger partial charge >= 0.3 is 0 Å². The summed E-state index contributed by atoms with van der Waals surface area (Å²) in [5, 5.41) is 0. The summed E-state index contributed by atoms with van der Waals surface area (Å²) < 4.78 is 0. The number of rotatable bonds is 3. The second-order valence-electron chi connectivity index (χ2n) is 4.22. The van der Waals surface area contributed by atoms with Crippen LogP contribution >= 0.6 is 0 Å². The van der Waals surface area contributed by atoms with Crippen molar-refractivity contribution >= 4 is 11.7 Å². The van der Waals surface area contributed by atoms with Crippen molar-refractivity contribution in [2.24, 2.45) is 0 Å². The fourth-order valence-electron chi connectivity index (χ4n) is 1.91. The average molecular weight is 196 g/mol. The number of hydrogen-bond donors (Lipinski definition) is 0. The summed E-state index contributed by atoms with van der Waals surface area (Å²) in [6.45, 7) is 3.98. The minimum absolute atomic E-state index is 0.0678. The SMILES string of the molecule is CC(=O)CN1CCN(C2CC2)CC1=O. The second-order valence-corrected chi connectivity index (χ2v) is 4.22. The van der Waals surface area contributed by atoms with Crippen LogP contribution in [0.25, 0.3) is 0 Å². The number of nitrogens with zero attached hydrogens (tertiary/aromatic N) is 2. The smallest absolute Gasteiger partial charge is 0.237 e. The van der Waals surface area contributed by atoms with Crippen LogP contribution in [0.4, 0.5) is 0 Å². The van der Waals surface area contributed by atoms with E-state index in [1.165, 1.54) is 19.8 Å². The van der Waals surface area contributed by atoms with Gasteiger partial charge in [-0.3, -0.25) is 14.5 Å². The summed E-state index contributed by atoms with van der Waals surface area (Å²) >= 11 is 0. The van der Waals surface area contributed by atoms with Crippen LogP contribution in [0.2, 0.25) is 0 Å². The van der Waals surface area contributed by atoms with E-state index in [1.807, 2.05) is 0 Å². The monoisotopic (exact) mass is 196 g/mol. The molecule has 1 aliphatic heterocycles. The predicted octanol–water partition coefficient (Wildman–Crippen LogP) is -0.118. The third-order valence-electron chi connectivity index (χ3n) is 2.82. The van der Waals surface area contributed by atoms with Gasteiger partial charge in [-0.1, -0.05) is 0 Å². The molecule has 0 aromatic rings. The summed E-state index contributed by atoms with van der Waals surface area (Å²) in [6.07, 6.45) is 2.47. The summed E-state index contributed by atoms with van der Waals surface area (Å²) in [4.78, 5) is 26.4. The molecule has 1 amide bonds. The topological polar surface area (TPSA) is 40.6 Å². The molecule has 1 saturated carbocycles. The molecule has 0 aromatic heterocycles. The van der Waals surface area contributed by atoms with E-state index in [4.69, 9.17) is 0 Å². The van der Waals surface area contributed by atoms with E-state index in [1.54, 1.807) is 4.90 Å². The number of amides is 1. The Balaban J connectivity index is 1.86. The molecule has 0 aromatic carbocycles. The highest BCUT2D eigenvalue weighted by Gasteiger charge is 2.34. The van der Waals surface area contributed by atoms with Crippen LogP contribution in [0, 0.1) is 0 Å². The number of hydrogen-bond acceptors (Lipinski definition) is 3. The first-order valence-corrected chi connectivity index (χ1v) is 5.18. The number of piperazine rings is 1. The molecule has 14 heavy (non-hydrogen) atoms. The van der Waals surface area contributed by atoms with Crippen LogP contribution < -0.4 is 0 Å². The molecule has 0 unspecified atom stereocenters. The maximum atomic E-state index is 11.6. The Labute approximate surface area is 83.9 Å². The van der Waals surface area contributed by atoms with Gasteiger partial charge in [0.25, 0.3) is 0 Å². The molecule has 0 spiro atoms. The summed E-state index contributed by atoms with van der Waals surface area (Å²) in [6, 6.07) is 0.651. The molecule has 4 nitrogen and oxygen atoms in total. The number of ketones is 1. The van der Waals surface area contributed by atoms with Crippen LogP contribution in [-0.2, 0) is 9.59 Å². The fraction of sp³-hybridized carbons (Fsp3) is 0.800. The molecule has 2 rings (SSSR count). The zero-order valence-electron chi connectivity index (χ0n) is 8.53. The van der Waals surface area contributed by atoms with Gasteiger partial charge in [0.05, 0.1) is 13.1 Å². The Hall–Kier alpha value is -0.900. The van der Waals surface area contributed by atoms with Crippen LogP contribution in [0.5, 0.6) is 0 Å². The summed E-state index contributed by atoms with van der Waals surface area (Å²) in [5.74, 6) is 0.177. The minimum atomic E-state index is 0.0678. The van der Waals surface area contributed by atoms with Crippen LogP contribution in [0.15, 0.2) is 0 Å². The van der Waals surface area contributed by atoms with E-state index in [0.29, 0.717) is 12.6 Å². The van der Waals surface area contributed by atoms with Gasteiger partial charge in [-0.15, -0.1) is 0 Å². The van der Waals surface area contributed by atoms with E-state index in [9.17, 15) is 9.59 Å². The zero-order valence-corrected chi connectivity index (χ0v) is 8.53. The lowest BCUT2D eigenvalue weighted by Crippen LogP contribution is -2.52. The molecule has 1 heterocycles. The van der Waals surface area contributed by atoms with Crippen molar-refractivity contribution in [1.29, 1.82) is 0 Å². The van der Waals surface area contributed by atoms with Crippen molar-refractivity contribution in [2.45, 2.75) is 25.8 Å². The Morgan fingerprint density at radius 2 is 2.14 bits per heavy atom. The van der Waals surface area contributed by atoms with Crippen LogP contribution in [-0.4, -0.2) is 53.7 Å². The van der Waals surface area contributed by atoms with Gasteiger partial charge in [0.2, 0.25) is 5.91 Å². The molecule has 4 heteroatoms. The van der Waals surface area contributed by atoms with Gasteiger partial charge in [-0.25, -0.2) is 0 Å². The largest absolute Gasteiger partial charge is 0.333 e. The first kappa shape index (κ1) is 9.65. The first-order chi connectivity index (χ1) is 6.66.